The number of hydrogen-bond acceptors (Lipinski definition) is 1. The molecule has 0 unspecified atom stereocenters. The molecule has 0 radical (unpaired) electrons. The minimum Gasteiger partial charge on any atom is -0.363 e. The van der Waals surface area contributed by atoms with Crippen molar-refractivity contribution in [2.75, 3.05) is 20.6 Å². The highest BCUT2D eigenvalue weighted by Gasteiger charge is 2.20. The summed E-state index contributed by atoms with van der Waals surface area (Å²) in [6, 6.07) is 0. The standard InChI is InChI=1S/C9H20N2/c1-7-11(6)8(10-5)9(2,3)4/h7H2,1-6H3. The Balaban J connectivity index is 4.44. The molecule has 2 heteroatoms. The Labute approximate surface area is 70.3 Å². The Morgan fingerprint density at radius 3 is 1.91 bits per heavy atom. The van der Waals surface area contributed by atoms with Crippen LogP contribution in [0.1, 0.15) is 27.7 Å². The summed E-state index contributed by atoms with van der Waals surface area (Å²) in [7, 11) is 3.93. The summed E-state index contributed by atoms with van der Waals surface area (Å²) in [5.74, 6) is 1.17. The van der Waals surface area contributed by atoms with Gasteiger partial charge in [-0.25, -0.2) is 0 Å². The van der Waals surface area contributed by atoms with Gasteiger partial charge in [-0.05, 0) is 6.92 Å². The van der Waals surface area contributed by atoms with Crippen molar-refractivity contribution >= 4 is 5.84 Å². The third-order valence-corrected chi connectivity index (χ3v) is 1.72. The molecule has 0 N–H and O–H groups in total. The molecule has 0 aromatic rings. The zero-order valence-corrected chi connectivity index (χ0v) is 8.60. The Kier molecular flexibility index (Phi) is 3.56. The summed E-state index contributed by atoms with van der Waals surface area (Å²) >= 11 is 0. The molecule has 0 fully saturated rings. The van der Waals surface area contributed by atoms with E-state index in [1.165, 1.54) is 5.84 Å². The van der Waals surface area contributed by atoms with Crippen LogP contribution in [0.5, 0.6) is 0 Å². The van der Waals surface area contributed by atoms with E-state index in [1.807, 2.05) is 7.05 Å². The summed E-state index contributed by atoms with van der Waals surface area (Å²) in [6.45, 7) is 9.70. The molecule has 0 spiro atoms. The molecule has 0 aliphatic rings. The number of rotatable bonds is 1. The van der Waals surface area contributed by atoms with Crippen LogP contribution in [-0.4, -0.2) is 31.4 Å². The maximum atomic E-state index is 4.27. The molecule has 0 saturated carbocycles. The highest BCUT2D eigenvalue weighted by molar-refractivity contribution is 5.86. The van der Waals surface area contributed by atoms with Crippen LogP contribution >= 0.6 is 0 Å². The summed E-state index contributed by atoms with van der Waals surface area (Å²) in [5.41, 5.74) is 0.166. The van der Waals surface area contributed by atoms with Crippen LogP contribution in [0.3, 0.4) is 0 Å². The summed E-state index contributed by atoms with van der Waals surface area (Å²) in [4.78, 5) is 6.45. The van der Waals surface area contributed by atoms with Gasteiger partial charge in [-0.3, -0.25) is 4.99 Å². The van der Waals surface area contributed by atoms with E-state index in [1.54, 1.807) is 0 Å². The average molecular weight is 156 g/mol. The second-order valence-corrected chi connectivity index (χ2v) is 3.81. The highest BCUT2D eigenvalue weighted by atomic mass is 15.2. The highest BCUT2D eigenvalue weighted by Crippen LogP contribution is 2.17. The predicted octanol–water partition coefficient (Wildman–Crippen LogP) is 2.01. The first-order valence-electron chi connectivity index (χ1n) is 4.11. The minimum atomic E-state index is 0.166. The van der Waals surface area contributed by atoms with Crippen molar-refractivity contribution in [1.82, 2.24) is 4.90 Å². The van der Waals surface area contributed by atoms with Crippen LogP contribution in [0.4, 0.5) is 0 Å². The zero-order valence-electron chi connectivity index (χ0n) is 8.60. The Morgan fingerprint density at radius 2 is 1.82 bits per heavy atom. The van der Waals surface area contributed by atoms with Crippen LogP contribution in [-0.2, 0) is 0 Å². The molecule has 0 amide bonds. The van der Waals surface area contributed by atoms with E-state index in [-0.39, 0.29) is 5.41 Å². The number of nitrogens with zero attached hydrogens (tertiary/aromatic N) is 2. The van der Waals surface area contributed by atoms with Gasteiger partial charge in [-0.15, -0.1) is 0 Å². The van der Waals surface area contributed by atoms with Crippen molar-refractivity contribution < 1.29 is 0 Å². The van der Waals surface area contributed by atoms with Gasteiger partial charge in [0.15, 0.2) is 0 Å². The maximum absolute atomic E-state index is 4.27. The first-order valence-corrected chi connectivity index (χ1v) is 4.11. The Bertz CT molecular complexity index is 142. The van der Waals surface area contributed by atoms with Crippen LogP contribution in [0, 0.1) is 5.41 Å². The molecule has 0 heterocycles. The summed E-state index contributed by atoms with van der Waals surface area (Å²) in [5, 5.41) is 0. The number of hydrogen-bond donors (Lipinski definition) is 0. The van der Waals surface area contributed by atoms with Crippen molar-refractivity contribution in [2.24, 2.45) is 10.4 Å². The summed E-state index contributed by atoms with van der Waals surface area (Å²) < 4.78 is 0. The van der Waals surface area contributed by atoms with Gasteiger partial charge in [0, 0.05) is 26.1 Å². The van der Waals surface area contributed by atoms with Gasteiger partial charge in [0.25, 0.3) is 0 Å². The SMILES string of the molecule is CCN(C)C(=NC)C(C)(C)C. The van der Waals surface area contributed by atoms with Gasteiger partial charge >= 0.3 is 0 Å². The molecule has 0 atom stereocenters. The van der Waals surface area contributed by atoms with Gasteiger partial charge in [0.2, 0.25) is 0 Å². The second kappa shape index (κ2) is 3.74. The predicted molar refractivity (Wildman–Crippen MR) is 51.1 cm³/mol. The quantitative estimate of drug-likeness (QED) is 0.419. The largest absolute Gasteiger partial charge is 0.363 e. The lowest BCUT2D eigenvalue weighted by Crippen LogP contribution is -2.36. The van der Waals surface area contributed by atoms with Crippen LogP contribution in [0.2, 0.25) is 0 Å². The lowest BCUT2D eigenvalue weighted by Gasteiger charge is -2.29. The van der Waals surface area contributed by atoms with Gasteiger partial charge in [-0.1, -0.05) is 20.8 Å². The fraction of sp³-hybridized carbons (Fsp3) is 0.889. The van der Waals surface area contributed by atoms with E-state index < -0.39 is 0 Å². The van der Waals surface area contributed by atoms with Gasteiger partial charge in [0.05, 0.1) is 0 Å². The van der Waals surface area contributed by atoms with E-state index in [2.05, 4.69) is 44.6 Å². The molecule has 0 aliphatic heterocycles. The van der Waals surface area contributed by atoms with Crippen molar-refractivity contribution in [1.29, 1.82) is 0 Å². The van der Waals surface area contributed by atoms with Crippen LogP contribution in [0.25, 0.3) is 0 Å². The van der Waals surface area contributed by atoms with E-state index in [0.29, 0.717) is 0 Å². The topological polar surface area (TPSA) is 15.6 Å². The normalized spacial score (nSPS) is 13.5. The molecular formula is C9H20N2. The molecule has 0 bridgehead atoms. The third kappa shape index (κ3) is 2.91. The first-order chi connectivity index (χ1) is 4.93. The van der Waals surface area contributed by atoms with Crippen molar-refractivity contribution in [3.63, 3.8) is 0 Å². The second-order valence-electron chi connectivity index (χ2n) is 3.81. The average Bonchev–Trinajstić information content (AvgIpc) is 1.86. The smallest absolute Gasteiger partial charge is 0.104 e. The van der Waals surface area contributed by atoms with E-state index in [4.69, 9.17) is 0 Å². The molecule has 0 aliphatic carbocycles. The van der Waals surface area contributed by atoms with Crippen molar-refractivity contribution in [3.8, 4) is 0 Å². The van der Waals surface area contributed by atoms with Gasteiger partial charge in [0.1, 0.15) is 5.84 Å². The molecule has 66 valence electrons. The fourth-order valence-corrected chi connectivity index (χ4v) is 1.23. The van der Waals surface area contributed by atoms with Crippen molar-refractivity contribution in [2.45, 2.75) is 27.7 Å². The van der Waals surface area contributed by atoms with E-state index in [9.17, 15) is 0 Å². The molecular weight excluding hydrogens is 136 g/mol. The van der Waals surface area contributed by atoms with Crippen LogP contribution < -0.4 is 0 Å². The Hall–Kier alpha value is -0.530. The Morgan fingerprint density at radius 1 is 1.36 bits per heavy atom. The van der Waals surface area contributed by atoms with Crippen LogP contribution in [0.15, 0.2) is 4.99 Å². The molecule has 0 saturated heterocycles. The molecule has 2 nitrogen and oxygen atoms in total. The third-order valence-electron chi connectivity index (χ3n) is 1.72. The lowest BCUT2D eigenvalue weighted by molar-refractivity contribution is 0.442. The molecule has 0 aromatic heterocycles. The molecule has 0 aromatic carbocycles. The van der Waals surface area contributed by atoms with Gasteiger partial charge < -0.3 is 4.90 Å². The van der Waals surface area contributed by atoms with E-state index in [0.717, 1.165) is 6.54 Å². The van der Waals surface area contributed by atoms with Gasteiger partial charge in [-0.2, -0.15) is 0 Å². The summed E-state index contributed by atoms with van der Waals surface area (Å²) in [6.07, 6.45) is 0. The number of aliphatic imine (C=N–C) groups is 1. The molecule has 0 rings (SSSR count). The van der Waals surface area contributed by atoms with E-state index >= 15 is 0 Å². The maximum Gasteiger partial charge on any atom is 0.104 e. The molecule has 11 heavy (non-hydrogen) atoms. The fourth-order valence-electron chi connectivity index (χ4n) is 1.23. The monoisotopic (exact) mass is 156 g/mol. The minimum absolute atomic E-state index is 0.166. The first kappa shape index (κ1) is 10.5. The van der Waals surface area contributed by atoms with Crippen molar-refractivity contribution in [3.05, 3.63) is 0 Å². The number of amidine groups is 1. The lowest BCUT2D eigenvalue weighted by atomic mass is 9.94. The zero-order chi connectivity index (χ0) is 9.07.